The van der Waals surface area contributed by atoms with Gasteiger partial charge in [0.15, 0.2) is 0 Å². The number of amides is 2. The van der Waals surface area contributed by atoms with Crippen molar-refractivity contribution < 1.29 is 19.5 Å². The molecular formula is C15H17ClN2O4. The number of carboxylic acids is 1. The number of carboxylic acid groups (broad SMARTS) is 1. The van der Waals surface area contributed by atoms with E-state index in [1.807, 2.05) is 0 Å². The van der Waals surface area contributed by atoms with Crippen LogP contribution in [0.3, 0.4) is 0 Å². The van der Waals surface area contributed by atoms with Crippen LogP contribution >= 0.6 is 11.6 Å². The molecule has 0 radical (unpaired) electrons. The second-order valence-electron chi connectivity index (χ2n) is 5.21. The Bertz CT molecular complexity index is 603. The third kappa shape index (κ3) is 4.46. The van der Waals surface area contributed by atoms with Crippen LogP contribution in [-0.2, 0) is 9.59 Å². The fraction of sp³-hybridized carbons (Fsp3) is 0.400. The molecule has 1 aliphatic rings. The molecule has 0 saturated carbocycles. The number of nitrogens with zero attached hydrogens (tertiary/aromatic N) is 1. The first kappa shape index (κ1) is 16.3. The van der Waals surface area contributed by atoms with Crippen LogP contribution in [0.2, 0.25) is 5.02 Å². The van der Waals surface area contributed by atoms with E-state index in [0.717, 1.165) is 19.3 Å². The highest BCUT2D eigenvalue weighted by Gasteiger charge is 2.19. The van der Waals surface area contributed by atoms with E-state index < -0.39 is 5.97 Å². The summed E-state index contributed by atoms with van der Waals surface area (Å²) in [5, 5.41) is 11.8. The van der Waals surface area contributed by atoms with Crippen LogP contribution in [0.15, 0.2) is 18.2 Å². The molecule has 1 heterocycles. The smallest absolute Gasteiger partial charge is 0.335 e. The van der Waals surface area contributed by atoms with Gasteiger partial charge in [-0.2, -0.15) is 0 Å². The van der Waals surface area contributed by atoms with Crippen LogP contribution < -0.4 is 5.32 Å². The summed E-state index contributed by atoms with van der Waals surface area (Å²) in [6.07, 6.45) is 3.19. The van der Waals surface area contributed by atoms with Crippen LogP contribution in [-0.4, -0.2) is 40.9 Å². The molecule has 2 amide bonds. The zero-order valence-corrected chi connectivity index (χ0v) is 12.7. The quantitative estimate of drug-likeness (QED) is 0.890. The highest BCUT2D eigenvalue weighted by atomic mass is 35.5. The van der Waals surface area contributed by atoms with Gasteiger partial charge < -0.3 is 15.3 Å². The summed E-state index contributed by atoms with van der Waals surface area (Å²) in [5.41, 5.74) is 0.297. The van der Waals surface area contributed by atoms with Gasteiger partial charge in [0.05, 0.1) is 12.1 Å². The molecular weight excluding hydrogens is 308 g/mol. The normalized spacial score (nSPS) is 15.3. The van der Waals surface area contributed by atoms with Gasteiger partial charge in [-0.3, -0.25) is 9.59 Å². The Morgan fingerprint density at radius 3 is 2.73 bits per heavy atom. The van der Waals surface area contributed by atoms with E-state index >= 15 is 0 Å². The van der Waals surface area contributed by atoms with Gasteiger partial charge in [-0.05, 0) is 31.0 Å². The molecule has 0 bridgehead atoms. The number of rotatable bonds is 4. The summed E-state index contributed by atoms with van der Waals surface area (Å²) in [5.74, 6) is -1.51. The van der Waals surface area contributed by atoms with Gasteiger partial charge in [-0.25, -0.2) is 4.79 Å². The predicted molar refractivity (Wildman–Crippen MR) is 82.1 cm³/mol. The Morgan fingerprint density at radius 2 is 2.00 bits per heavy atom. The van der Waals surface area contributed by atoms with E-state index in [9.17, 15) is 14.4 Å². The Kier molecular flexibility index (Phi) is 5.38. The average molecular weight is 325 g/mol. The minimum Gasteiger partial charge on any atom is -0.478 e. The second-order valence-corrected chi connectivity index (χ2v) is 5.64. The molecule has 118 valence electrons. The summed E-state index contributed by atoms with van der Waals surface area (Å²) in [4.78, 5) is 36.4. The molecule has 0 aliphatic carbocycles. The van der Waals surface area contributed by atoms with Gasteiger partial charge in [-0.1, -0.05) is 18.0 Å². The van der Waals surface area contributed by atoms with Crippen LogP contribution in [0.1, 0.15) is 36.0 Å². The highest BCUT2D eigenvalue weighted by molar-refractivity contribution is 6.31. The third-order valence-corrected chi connectivity index (χ3v) is 3.65. The zero-order chi connectivity index (χ0) is 16.1. The maximum absolute atomic E-state index is 12.0. The number of nitrogens with one attached hydrogen (secondary N) is 1. The summed E-state index contributed by atoms with van der Waals surface area (Å²) >= 11 is 5.83. The van der Waals surface area contributed by atoms with E-state index in [2.05, 4.69) is 5.32 Å². The van der Waals surface area contributed by atoms with Gasteiger partial charge in [0.2, 0.25) is 11.8 Å². The first-order chi connectivity index (χ1) is 10.5. The van der Waals surface area contributed by atoms with Crippen LogP contribution in [0, 0.1) is 0 Å². The van der Waals surface area contributed by atoms with Gasteiger partial charge in [-0.15, -0.1) is 0 Å². The maximum atomic E-state index is 12.0. The van der Waals surface area contributed by atoms with E-state index in [0.29, 0.717) is 18.7 Å². The minimum atomic E-state index is -1.12. The van der Waals surface area contributed by atoms with Gasteiger partial charge >= 0.3 is 5.97 Å². The van der Waals surface area contributed by atoms with Crippen LogP contribution in [0.4, 0.5) is 5.69 Å². The summed E-state index contributed by atoms with van der Waals surface area (Å²) in [6.45, 7) is 0.538. The Morgan fingerprint density at radius 1 is 1.23 bits per heavy atom. The van der Waals surface area contributed by atoms with E-state index in [-0.39, 0.29) is 28.9 Å². The molecule has 6 nitrogen and oxygen atoms in total. The monoisotopic (exact) mass is 324 g/mol. The van der Waals surface area contributed by atoms with Crippen LogP contribution in [0.5, 0.6) is 0 Å². The molecule has 1 aromatic rings. The fourth-order valence-corrected chi connectivity index (χ4v) is 2.60. The lowest BCUT2D eigenvalue weighted by Crippen LogP contribution is -2.37. The minimum absolute atomic E-state index is 0.00588. The van der Waals surface area contributed by atoms with Crippen molar-refractivity contribution in [1.29, 1.82) is 0 Å². The number of halogens is 1. The van der Waals surface area contributed by atoms with Crippen molar-refractivity contribution in [1.82, 2.24) is 4.90 Å². The average Bonchev–Trinajstić information content (AvgIpc) is 2.63. The molecule has 0 aromatic heterocycles. The third-order valence-electron chi connectivity index (χ3n) is 3.43. The zero-order valence-electron chi connectivity index (χ0n) is 12.0. The number of hydrogen-bond donors (Lipinski definition) is 2. The Hall–Kier alpha value is -2.08. The Balaban J connectivity index is 2.02. The molecule has 0 unspecified atom stereocenters. The molecule has 22 heavy (non-hydrogen) atoms. The largest absolute Gasteiger partial charge is 0.478 e. The molecule has 1 aromatic carbocycles. The summed E-state index contributed by atoms with van der Waals surface area (Å²) in [7, 11) is 0. The number of hydrogen-bond acceptors (Lipinski definition) is 3. The lowest BCUT2D eigenvalue weighted by atomic mass is 10.2. The van der Waals surface area contributed by atoms with Crippen molar-refractivity contribution in [3.8, 4) is 0 Å². The number of aromatic carboxylic acids is 1. The van der Waals surface area contributed by atoms with E-state index in [1.54, 1.807) is 0 Å². The fourth-order valence-electron chi connectivity index (χ4n) is 2.36. The number of carbonyl (C=O) groups is 3. The van der Waals surface area contributed by atoms with Crippen molar-refractivity contribution >= 4 is 35.1 Å². The number of benzene rings is 1. The van der Waals surface area contributed by atoms with E-state index in [1.165, 1.54) is 23.1 Å². The van der Waals surface area contributed by atoms with Crippen molar-refractivity contribution in [3.63, 3.8) is 0 Å². The van der Waals surface area contributed by atoms with Crippen molar-refractivity contribution in [2.24, 2.45) is 0 Å². The van der Waals surface area contributed by atoms with Crippen LogP contribution in [0.25, 0.3) is 0 Å². The molecule has 0 spiro atoms. The SMILES string of the molecule is O=C(CN1CCCCCC1=O)Nc1cc(Cl)cc(C(=O)O)c1. The topological polar surface area (TPSA) is 86.7 Å². The predicted octanol–water partition coefficient (Wildman–Crippen LogP) is 2.38. The van der Waals surface area contributed by atoms with Gasteiger partial charge in [0.1, 0.15) is 0 Å². The van der Waals surface area contributed by atoms with Gasteiger partial charge in [0, 0.05) is 23.7 Å². The molecule has 1 aliphatic heterocycles. The molecule has 2 N–H and O–H groups in total. The van der Waals surface area contributed by atoms with Crippen molar-refractivity contribution in [2.75, 3.05) is 18.4 Å². The van der Waals surface area contributed by atoms with Gasteiger partial charge in [0.25, 0.3) is 0 Å². The number of likely N-dealkylation sites (tertiary alicyclic amines) is 1. The first-order valence-electron chi connectivity index (χ1n) is 7.07. The lowest BCUT2D eigenvalue weighted by Gasteiger charge is -2.19. The maximum Gasteiger partial charge on any atom is 0.335 e. The van der Waals surface area contributed by atoms with E-state index in [4.69, 9.17) is 16.7 Å². The second kappa shape index (κ2) is 7.26. The Labute approximate surface area is 133 Å². The number of carbonyl (C=O) groups excluding carboxylic acids is 2. The lowest BCUT2D eigenvalue weighted by molar-refractivity contribution is -0.134. The van der Waals surface area contributed by atoms with Crippen molar-refractivity contribution in [2.45, 2.75) is 25.7 Å². The highest BCUT2D eigenvalue weighted by Crippen LogP contribution is 2.19. The standard InChI is InChI=1S/C15H17ClN2O4/c16-11-6-10(15(21)22)7-12(8-11)17-13(19)9-18-5-3-1-2-4-14(18)20/h6-8H,1-5,9H2,(H,17,19)(H,21,22). The molecule has 1 fully saturated rings. The van der Waals surface area contributed by atoms with Crippen molar-refractivity contribution in [3.05, 3.63) is 28.8 Å². The molecule has 1 saturated heterocycles. The number of anilines is 1. The summed E-state index contributed by atoms with van der Waals surface area (Å²) < 4.78 is 0. The first-order valence-corrected chi connectivity index (χ1v) is 7.45. The molecule has 7 heteroatoms. The molecule has 0 atom stereocenters. The molecule has 2 rings (SSSR count). The summed E-state index contributed by atoms with van der Waals surface area (Å²) in [6, 6.07) is 4.10.